The summed E-state index contributed by atoms with van der Waals surface area (Å²) in [5.41, 5.74) is 3.13. The lowest BCUT2D eigenvalue weighted by Crippen LogP contribution is -1.90. The van der Waals surface area contributed by atoms with Crippen LogP contribution in [0.2, 0.25) is 0 Å². The highest BCUT2D eigenvalue weighted by Gasteiger charge is 1.96. The first kappa shape index (κ1) is 7.16. The van der Waals surface area contributed by atoms with Crippen molar-refractivity contribution in [2.24, 2.45) is 0 Å². The first-order valence-corrected chi connectivity index (χ1v) is 3.93. The zero-order chi connectivity index (χ0) is 8.55. The molecule has 0 aliphatic rings. The van der Waals surface area contributed by atoms with Crippen molar-refractivity contribution in [3.63, 3.8) is 0 Å². The maximum absolute atomic E-state index is 4.32. The van der Waals surface area contributed by atoms with Gasteiger partial charge in [0.25, 0.3) is 0 Å². The summed E-state index contributed by atoms with van der Waals surface area (Å²) in [5.74, 6) is 0. The minimum Gasteiger partial charge on any atom is -0.387 e. The summed E-state index contributed by atoms with van der Waals surface area (Å²) in [6.45, 7) is 1.99. The summed E-state index contributed by atoms with van der Waals surface area (Å²) in [6, 6.07) is 4.01. The van der Waals surface area contributed by atoms with Gasteiger partial charge in [0.15, 0.2) is 0 Å². The van der Waals surface area contributed by atoms with E-state index in [1.807, 2.05) is 42.9 Å². The summed E-state index contributed by atoms with van der Waals surface area (Å²) < 4.78 is 2.02. The number of imidazole rings is 1. The lowest BCUT2D eigenvalue weighted by Gasteiger charge is -1.99. The average molecular weight is 161 g/mol. The Morgan fingerprint density at radius 1 is 1.33 bits per heavy atom. The predicted octanol–water partition coefficient (Wildman–Crippen LogP) is 1.68. The van der Waals surface area contributed by atoms with Gasteiger partial charge >= 0.3 is 0 Å². The van der Waals surface area contributed by atoms with Gasteiger partial charge in [-0.1, -0.05) is 0 Å². The number of aryl methyl sites for hydroxylation is 1. The Bertz CT molecular complexity index is 403. The van der Waals surface area contributed by atoms with Gasteiger partial charge < -0.3 is 9.72 Å². The zero-order valence-electron chi connectivity index (χ0n) is 7.20. The van der Waals surface area contributed by atoms with Crippen LogP contribution in [0.3, 0.4) is 0 Å². The van der Waals surface area contributed by atoms with Crippen LogP contribution in [0.4, 0.5) is 5.69 Å². The molecule has 0 bridgehead atoms. The lowest BCUT2D eigenvalue weighted by atomic mass is 10.4. The van der Waals surface area contributed by atoms with E-state index in [2.05, 4.69) is 10.3 Å². The highest BCUT2D eigenvalue weighted by Crippen LogP contribution is 2.09. The fraction of sp³-hybridized carbons (Fsp3) is 0.222. The molecule has 1 N–H and O–H groups in total. The van der Waals surface area contributed by atoms with Gasteiger partial charge in [0.2, 0.25) is 0 Å². The number of nitrogens with zero attached hydrogens (tertiary/aromatic N) is 2. The van der Waals surface area contributed by atoms with Gasteiger partial charge in [-0.15, -0.1) is 0 Å². The third-order valence-corrected chi connectivity index (χ3v) is 1.86. The number of rotatable bonds is 1. The van der Waals surface area contributed by atoms with Crippen LogP contribution in [-0.2, 0) is 0 Å². The van der Waals surface area contributed by atoms with Crippen LogP contribution in [0.15, 0.2) is 24.5 Å². The van der Waals surface area contributed by atoms with Crippen LogP contribution < -0.4 is 5.32 Å². The number of anilines is 1. The zero-order valence-corrected chi connectivity index (χ0v) is 7.20. The van der Waals surface area contributed by atoms with E-state index in [1.165, 1.54) is 0 Å². The van der Waals surface area contributed by atoms with E-state index in [9.17, 15) is 0 Å². The van der Waals surface area contributed by atoms with Crippen molar-refractivity contribution >= 4 is 11.3 Å². The van der Waals surface area contributed by atoms with Gasteiger partial charge in [-0.3, -0.25) is 0 Å². The van der Waals surface area contributed by atoms with E-state index >= 15 is 0 Å². The Hall–Kier alpha value is -1.51. The molecular formula is C9H11N3. The molecule has 12 heavy (non-hydrogen) atoms. The van der Waals surface area contributed by atoms with Crippen LogP contribution in [0.25, 0.3) is 5.65 Å². The number of hydrogen-bond acceptors (Lipinski definition) is 2. The van der Waals surface area contributed by atoms with Gasteiger partial charge in [-0.2, -0.15) is 0 Å². The normalized spacial score (nSPS) is 10.5. The number of pyridine rings is 1. The highest BCUT2D eigenvalue weighted by molar-refractivity contribution is 5.50. The molecule has 0 atom stereocenters. The molecule has 0 aromatic carbocycles. The molecule has 0 fully saturated rings. The second kappa shape index (κ2) is 2.52. The van der Waals surface area contributed by atoms with Crippen molar-refractivity contribution in [3.05, 3.63) is 30.2 Å². The molecule has 62 valence electrons. The fourth-order valence-corrected chi connectivity index (χ4v) is 1.27. The standard InChI is InChI=1S/C9H11N3/c1-7-5-12-6-8(10-2)3-4-9(12)11-7/h3-6,10H,1-2H3. The molecule has 2 rings (SSSR count). The van der Waals surface area contributed by atoms with Crippen molar-refractivity contribution < 1.29 is 0 Å². The first-order chi connectivity index (χ1) is 5.79. The Morgan fingerprint density at radius 3 is 2.92 bits per heavy atom. The van der Waals surface area contributed by atoms with Gasteiger partial charge in [-0.25, -0.2) is 4.98 Å². The monoisotopic (exact) mass is 161 g/mol. The van der Waals surface area contributed by atoms with E-state index in [0.29, 0.717) is 0 Å². The van der Waals surface area contributed by atoms with Crippen LogP contribution in [0.1, 0.15) is 5.69 Å². The molecule has 0 radical (unpaired) electrons. The Kier molecular flexibility index (Phi) is 1.50. The summed E-state index contributed by atoms with van der Waals surface area (Å²) in [4.78, 5) is 4.32. The van der Waals surface area contributed by atoms with Crippen molar-refractivity contribution in [1.29, 1.82) is 0 Å². The van der Waals surface area contributed by atoms with E-state index in [1.54, 1.807) is 0 Å². The van der Waals surface area contributed by atoms with E-state index in [4.69, 9.17) is 0 Å². The largest absolute Gasteiger partial charge is 0.387 e. The molecule has 0 aliphatic carbocycles. The maximum Gasteiger partial charge on any atom is 0.137 e. The third kappa shape index (κ3) is 1.03. The smallest absolute Gasteiger partial charge is 0.137 e. The SMILES string of the molecule is CNc1ccc2nc(C)cn2c1. The average Bonchev–Trinajstić information content (AvgIpc) is 2.43. The molecule has 0 saturated heterocycles. The summed E-state index contributed by atoms with van der Waals surface area (Å²) in [5, 5.41) is 3.08. The molecule has 3 nitrogen and oxygen atoms in total. The Balaban J connectivity index is 2.66. The second-order valence-electron chi connectivity index (χ2n) is 2.82. The van der Waals surface area contributed by atoms with Crippen LogP contribution in [0.5, 0.6) is 0 Å². The van der Waals surface area contributed by atoms with Crippen molar-refractivity contribution in [2.45, 2.75) is 6.92 Å². The molecule has 2 heterocycles. The molecule has 2 aromatic rings. The first-order valence-electron chi connectivity index (χ1n) is 3.93. The van der Waals surface area contributed by atoms with Gasteiger partial charge in [0.05, 0.1) is 11.4 Å². The van der Waals surface area contributed by atoms with E-state index in [-0.39, 0.29) is 0 Å². The molecule has 0 spiro atoms. The minimum absolute atomic E-state index is 0.992. The van der Waals surface area contributed by atoms with Crippen molar-refractivity contribution in [1.82, 2.24) is 9.38 Å². The molecule has 3 heteroatoms. The van der Waals surface area contributed by atoms with Gasteiger partial charge in [0.1, 0.15) is 5.65 Å². The van der Waals surface area contributed by atoms with Crippen LogP contribution in [0, 0.1) is 6.92 Å². The number of aromatic nitrogens is 2. The number of hydrogen-bond donors (Lipinski definition) is 1. The molecule has 0 amide bonds. The Morgan fingerprint density at radius 2 is 2.17 bits per heavy atom. The summed E-state index contributed by atoms with van der Waals surface area (Å²) >= 11 is 0. The van der Waals surface area contributed by atoms with Crippen LogP contribution >= 0.6 is 0 Å². The van der Waals surface area contributed by atoms with Gasteiger partial charge in [0, 0.05) is 19.4 Å². The molecule has 2 aromatic heterocycles. The van der Waals surface area contributed by atoms with Crippen molar-refractivity contribution in [3.8, 4) is 0 Å². The fourth-order valence-electron chi connectivity index (χ4n) is 1.27. The van der Waals surface area contributed by atoms with Gasteiger partial charge in [-0.05, 0) is 19.1 Å². The molecule has 0 aliphatic heterocycles. The topological polar surface area (TPSA) is 29.3 Å². The van der Waals surface area contributed by atoms with E-state index in [0.717, 1.165) is 17.0 Å². The van der Waals surface area contributed by atoms with E-state index < -0.39 is 0 Å². The summed E-state index contributed by atoms with van der Waals surface area (Å²) in [7, 11) is 1.91. The quantitative estimate of drug-likeness (QED) is 0.689. The highest BCUT2D eigenvalue weighted by atomic mass is 15.0. The third-order valence-electron chi connectivity index (χ3n) is 1.86. The molecular weight excluding hydrogens is 150 g/mol. The predicted molar refractivity (Wildman–Crippen MR) is 49.5 cm³/mol. The molecule has 0 unspecified atom stereocenters. The summed E-state index contributed by atoms with van der Waals surface area (Å²) in [6.07, 6.45) is 4.03. The molecule has 0 saturated carbocycles. The maximum atomic E-state index is 4.32. The second-order valence-corrected chi connectivity index (χ2v) is 2.82. The number of fused-ring (bicyclic) bond motifs is 1. The van der Waals surface area contributed by atoms with Crippen molar-refractivity contribution in [2.75, 3.05) is 12.4 Å². The van der Waals surface area contributed by atoms with Crippen LogP contribution in [-0.4, -0.2) is 16.4 Å². The number of nitrogens with one attached hydrogen (secondary N) is 1. The lowest BCUT2D eigenvalue weighted by molar-refractivity contribution is 1.18. The minimum atomic E-state index is 0.992. The Labute approximate surface area is 71.0 Å².